The number of aromatic nitrogens is 1. The smallest absolute Gasteiger partial charge is 0.290 e. The molecule has 0 radical (unpaired) electrons. The molecule has 0 bridgehead atoms. The number of pyridine rings is 1. The summed E-state index contributed by atoms with van der Waals surface area (Å²) in [7, 11) is 0. The van der Waals surface area contributed by atoms with Crippen LogP contribution in [0.4, 0.5) is 0 Å². The Morgan fingerprint density at radius 2 is 1.60 bits per heavy atom. The number of hydrogen-bond donors (Lipinski definition) is 2. The fraction of sp³-hybridized carbons (Fsp3) is 0.455. The highest BCUT2D eigenvalue weighted by atomic mass is 16.3. The van der Waals surface area contributed by atoms with E-state index in [-0.39, 0.29) is 6.47 Å². The first-order valence-electron chi connectivity index (χ1n) is 5.05. The molecule has 1 fully saturated rings. The molecule has 2 N–H and O–H groups in total. The predicted octanol–water partition coefficient (Wildman–Crippen LogP) is 1.54. The summed E-state index contributed by atoms with van der Waals surface area (Å²) in [6, 6.07) is 5.72. The van der Waals surface area contributed by atoms with Crippen molar-refractivity contribution >= 4 is 6.47 Å². The SMILES string of the molecule is C1CCNCC1.O=CO.c1ccncc1. The van der Waals surface area contributed by atoms with Crippen LogP contribution in [0, 0.1) is 0 Å². The molecule has 0 amide bonds. The molecule has 0 saturated carbocycles. The zero-order valence-electron chi connectivity index (χ0n) is 8.80. The number of carboxylic acid groups (broad SMARTS) is 1. The molecule has 0 spiro atoms. The second-order valence-corrected chi connectivity index (χ2v) is 2.94. The first-order valence-corrected chi connectivity index (χ1v) is 5.05. The Balaban J connectivity index is 0.000000210. The van der Waals surface area contributed by atoms with Crippen LogP contribution in [-0.2, 0) is 4.79 Å². The minimum absolute atomic E-state index is 0.250. The Labute approximate surface area is 90.4 Å². The molecular weight excluding hydrogens is 192 g/mol. The van der Waals surface area contributed by atoms with Gasteiger partial charge in [0.15, 0.2) is 0 Å². The van der Waals surface area contributed by atoms with Crippen LogP contribution in [0.1, 0.15) is 19.3 Å². The second kappa shape index (κ2) is 12.6. The van der Waals surface area contributed by atoms with Gasteiger partial charge < -0.3 is 10.4 Å². The molecule has 4 nitrogen and oxygen atoms in total. The van der Waals surface area contributed by atoms with Gasteiger partial charge in [0.1, 0.15) is 0 Å². The van der Waals surface area contributed by atoms with Gasteiger partial charge in [-0.05, 0) is 38.1 Å². The van der Waals surface area contributed by atoms with Gasteiger partial charge in [0.25, 0.3) is 6.47 Å². The quantitative estimate of drug-likeness (QED) is 0.638. The lowest BCUT2D eigenvalue weighted by atomic mass is 10.2. The molecule has 0 aliphatic carbocycles. The highest BCUT2D eigenvalue weighted by molar-refractivity contribution is 5.32. The van der Waals surface area contributed by atoms with Crippen LogP contribution < -0.4 is 5.32 Å². The number of carbonyl (C=O) groups is 1. The van der Waals surface area contributed by atoms with Crippen LogP contribution in [0.25, 0.3) is 0 Å². The van der Waals surface area contributed by atoms with Crippen molar-refractivity contribution in [2.24, 2.45) is 0 Å². The van der Waals surface area contributed by atoms with Crippen molar-refractivity contribution in [3.05, 3.63) is 30.6 Å². The van der Waals surface area contributed by atoms with E-state index in [1.165, 1.54) is 32.4 Å². The molecule has 0 atom stereocenters. The van der Waals surface area contributed by atoms with E-state index in [2.05, 4.69) is 10.3 Å². The maximum Gasteiger partial charge on any atom is 0.290 e. The maximum atomic E-state index is 8.36. The van der Waals surface area contributed by atoms with E-state index in [4.69, 9.17) is 9.90 Å². The van der Waals surface area contributed by atoms with Gasteiger partial charge in [-0.25, -0.2) is 0 Å². The number of rotatable bonds is 0. The van der Waals surface area contributed by atoms with Gasteiger partial charge in [-0.1, -0.05) is 12.5 Å². The van der Waals surface area contributed by atoms with Crippen LogP contribution >= 0.6 is 0 Å². The van der Waals surface area contributed by atoms with Crippen molar-refractivity contribution in [3.63, 3.8) is 0 Å². The van der Waals surface area contributed by atoms with Crippen molar-refractivity contribution in [1.82, 2.24) is 10.3 Å². The third kappa shape index (κ3) is 12.6. The van der Waals surface area contributed by atoms with E-state index < -0.39 is 0 Å². The summed E-state index contributed by atoms with van der Waals surface area (Å²) in [5.41, 5.74) is 0. The van der Waals surface area contributed by atoms with Gasteiger partial charge in [-0.15, -0.1) is 0 Å². The summed E-state index contributed by atoms with van der Waals surface area (Å²) >= 11 is 0. The largest absolute Gasteiger partial charge is 0.483 e. The molecule has 0 unspecified atom stereocenters. The Bertz CT molecular complexity index is 175. The highest BCUT2D eigenvalue weighted by Crippen LogP contribution is 1.96. The summed E-state index contributed by atoms with van der Waals surface area (Å²) in [5, 5.41) is 10.2. The molecule has 1 aliphatic rings. The Morgan fingerprint density at radius 3 is 1.73 bits per heavy atom. The first kappa shape index (κ1) is 13.6. The third-order valence-corrected chi connectivity index (χ3v) is 1.77. The molecular formula is C11H18N2O2. The van der Waals surface area contributed by atoms with Gasteiger partial charge in [-0.3, -0.25) is 9.78 Å². The lowest BCUT2D eigenvalue weighted by molar-refractivity contribution is -0.122. The average molecular weight is 210 g/mol. The predicted molar refractivity (Wildman–Crippen MR) is 59.7 cm³/mol. The molecule has 4 heteroatoms. The lowest BCUT2D eigenvalue weighted by Gasteiger charge is -2.08. The molecule has 1 aliphatic heterocycles. The van der Waals surface area contributed by atoms with Crippen molar-refractivity contribution in [2.75, 3.05) is 13.1 Å². The molecule has 1 saturated heterocycles. The third-order valence-electron chi connectivity index (χ3n) is 1.77. The van der Waals surface area contributed by atoms with Crippen LogP contribution in [0.15, 0.2) is 30.6 Å². The highest BCUT2D eigenvalue weighted by Gasteiger charge is 1.93. The van der Waals surface area contributed by atoms with Gasteiger partial charge in [-0.2, -0.15) is 0 Å². The van der Waals surface area contributed by atoms with Crippen LogP contribution in [0.2, 0.25) is 0 Å². The van der Waals surface area contributed by atoms with Crippen LogP contribution in [-0.4, -0.2) is 29.7 Å². The number of piperidine rings is 1. The van der Waals surface area contributed by atoms with E-state index in [9.17, 15) is 0 Å². The fourth-order valence-electron chi connectivity index (χ4n) is 1.11. The van der Waals surface area contributed by atoms with Gasteiger partial charge in [0, 0.05) is 12.4 Å². The standard InChI is InChI=1S/C5H11N.C5H5N.CH2O2/c2*1-2-4-6-5-3-1;2-1-3/h6H,1-5H2;1-5H;1H,(H,2,3). The van der Waals surface area contributed by atoms with Crippen LogP contribution in [0.5, 0.6) is 0 Å². The zero-order valence-corrected chi connectivity index (χ0v) is 8.80. The van der Waals surface area contributed by atoms with Gasteiger partial charge >= 0.3 is 0 Å². The lowest BCUT2D eigenvalue weighted by Crippen LogP contribution is -2.21. The van der Waals surface area contributed by atoms with Crippen molar-refractivity contribution in [1.29, 1.82) is 0 Å². The fourth-order valence-corrected chi connectivity index (χ4v) is 1.11. The Morgan fingerprint density at radius 1 is 1.07 bits per heavy atom. The summed E-state index contributed by atoms with van der Waals surface area (Å²) in [6.45, 7) is 2.25. The minimum atomic E-state index is -0.250. The number of hydrogen-bond acceptors (Lipinski definition) is 3. The first-order chi connectivity index (χ1) is 7.41. The Kier molecular flexibility index (Phi) is 11.4. The summed E-state index contributed by atoms with van der Waals surface area (Å²) in [5.74, 6) is 0. The molecule has 84 valence electrons. The zero-order chi connectivity index (χ0) is 11.2. The van der Waals surface area contributed by atoms with E-state index in [1.807, 2.05) is 18.2 Å². The molecule has 15 heavy (non-hydrogen) atoms. The van der Waals surface area contributed by atoms with Crippen molar-refractivity contribution in [3.8, 4) is 0 Å². The second-order valence-electron chi connectivity index (χ2n) is 2.94. The van der Waals surface area contributed by atoms with E-state index >= 15 is 0 Å². The molecule has 0 aromatic carbocycles. The van der Waals surface area contributed by atoms with E-state index in [1.54, 1.807) is 12.4 Å². The van der Waals surface area contributed by atoms with E-state index in [0.717, 1.165) is 0 Å². The normalized spacial score (nSPS) is 13.6. The maximum absolute atomic E-state index is 8.36. The van der Waals surface area contributed by atoms with Crippen molar-refractivity contribution < 1.29 is 9.90 Å². The molecule has 1 aromatic rings. The van der Waals surface area contributed by atoms with Crippen LogP contribution in [0.3, 0.4) is 0 Å². The molecule has 2 rings (SSSR count). The average Bonchev–Trinajstić information content (AvgIpc) is 2.35. The summed E-state index contributed by atoms with van der Waals surface area (Å²) in [6.07, 6.45) is 7.72. The van der Waals surface area contributed by atoms with Crippen molar-refractivity contribution in [2.45, 2.75) is 19.3 Å². The monoisotopic (exact) mass is 210 g/mol. The van der Waals surface area contributed by atoms with Gasteiger partial charge in [0.05, 0.1) is 0 Å². The number of nitrogens with zero attached hydrogens (tertiary/aromatic N) is 1. The topological polar surface area (TPSA) is 62.2 Å². The molecule has 2 heterocycles. The molecule has 1 aromatic heterocycles. The summed E-state index contributed by atoms with van der Waals surface area (Å²) < 4.78 is 0. The van der Waals surface area contributed by atoms with E-state index in [0.29, 0.717) is 0 Å². The Hall–Kier alpha value is -1.42. The summed E-state index contributed by atoms with van der Waals surface area (Å²) in [4.78, 5) is 12.1. The number of nitrogens with one attached hydrogen (secondary N) is 1. The van der Waals surface area contributed by atoms with Gasteiger partial charge in [0.2, 0.25) is 0 Å². The minimum Gasteiger partial charge on any atom is -0.483 e.